The molecule has 1 fully saturated rings. The number of aryl methyl sites for hydroxylation is 1. The summed E-state index contributed by atoms with van der Waals surface area (Å²) in [5.41, 5.74) is 0.941. The van der Waals surface area contributed by atoms with Gasteiger partial charge in [0.2, 0.25) is 0 Å². The maximum Gasteiger partial charge on any atom is 0.262 e. The van der Waals surface area contributed by atoms with Crippen LogP contribution in [0.15, 0.2) is 64.0 Å². The van der Waals surface area contributed by atoms with Gasteiger partial charge in [-0.05, 0) is 37.3 Å². The fourth-order valence-electron chi connectivity index (χ4n) is 3.55. The van der Waals surface area contributed by atoms with E-state index < -0.39 is 15.8 Å². The molecule has 3 aromatic rings. The lowest BCUT2D eigenvalue weighted by Crippen LogP contribution is -2.48. The van der Waals surface area contributed by atoms with Crippen molar-refractivity contribution in [3.05, 3.63) is 77.4 Å². The normalized spacial score (nSPS) is 15.0. The largest absolute Gasteiger partial charge is 0.360 e. The van der Waals surface area contributed by atoms with E-state index in [0.29, 0.717) is 32.7 Å². The number of rotatable bonds is 6. The number of piperazine rings is 1. The van der Waals surface area contributed by atoms with Gasteiger partial charge in [0.05, 0.1) is 22.8 Å². The Kier molecular flexibility index (Phi) is 6.24. The SMILES string of the molecule is Cc1cc(CN2CCN(C(=O)c3cccc(S(=O)(=O)Nc4ccccc4F)c3)CC2)on1. The van der Waals surface area contributed by atoms with Crippen molar-refractivity contribution in [2.24, 2.45) is 0 Å². The molecule has 10 heteroatoms. The first-order chi connectivity index (χ1) is 15.3. The minimum absolute atomic E-state index is 0.106. The Morgan fingerprint density at radius 3 is 2.53 bits per heavy atom. The van der Waals surface area contributed by atoms with Gasteiger partial charge in [0.15, 0.2) is 5.76 Å². The molecule has 0 radical (unpaired) electrons. The molecule has 32 heavy (non-hydrogen) atoms. The third kappa shape index (κ3) is 4.97. The number of nitrogens with zero attached hydrogens (tertiary/aromatic N) is 3. The van der Waals surface area contributed by atoms with E-state index in [1.54, 1.807) is 11.0 Å². The summed E-state index contributed by atoms with van der Waals surface area (Å²) in [5, 5.41) is 3.88. The van der Waals surface area contributed by atoms with E-state index in [4.69, 9.17) is 4.52 Å². The standard InChI is InChI=1S/C22H23FN4O4S/c1-16-13-18(31-24-16)15-26-9-11-27(12-10-26)22(28)17-5-4-6-19(14-17)32(29,30)25-21-8-3-2-7-20(21)23/h2-8,13-14,25H,9-12,15H2,1H3. The molecule has 4 rings (SSSR count). The number of benzene rings is 2. The number of nitrogens with one attached hydrogen (secondary N) is 1. The van der Waals surface area contributed by atoms with Gasteiger partial charge in [0, 0.05) is 37.8 Å². The van der Waals surface area contributed by atoms with Gasteiger partial charge >= 0.3 is 0 Å². The molecule has 0 aliphatic carbocycles. The number of carbonyl (C=O) groups excluding carboxylic acids is 1. The Morgan fingerprint density at radius 2 is 1.84 bits per heavy atom. The molecule has 8 nitrogen and oxygen atoms in total. The smallest absolute Gasteiger partial charge is 0.262 e. The van der Waals surface area contributed by atoms with Crippen molar-refractivity contribution in [2.45, 2.75) is 18.4 Å². The van der Waals surface area contributed by atoms with Crippen LogP contribution in [0.1, 0.15) is 21.8 Å². The molecule has 1 aliphatic rings. The Labute approximate surface area is 185 Å². The number of aromatic nitrogens is 1. The molecular weight excluding hydrogens is 435 g/mol. The summed E-state index contributed by atoms with van der Waals surface area (Å²) in [7, 11) is -4.05. The maximum absolute atomic E-state index is 13.9. The number of para-hydroxylation sites is 1. The van der Waals surface area contributed by atoms with Gasteiger partial charge in [-0.1, -0.05) is 23.4 Å². The minimum Gasteiger partial charge on any atom is -0.360 e. The number of hydrogen-bond donors (Lipinski definition) is 1. The first-order valence-corrected chi connectivity index (χ1v) is 11.6. The Bertz CT molecular complexity index is 1220. The number of anilines is 1. The van der Waals surface area contributed by atoms with Crippen LogP contribution in [0, 0.1) is 12.7 Å². The minimum atomic E-state index is -4.05. The van der Waals surface area contributed by atoms with Crippen molar-refractivity contribution < 1.29 is 22.1 Å². The Balaban J connectivity index is 1.42. The highest BCUT2D eigenvalue weighted by Gasteiger charge is 2.24. The van der Waals surface area contributed by atoms with E-state index in [1.807, 2.05) is 13.0 Å². The van der Waals surface area contributed by atoms with E-state index in [1.165, 1.54) is 42.5 Å². The average Bonchev–Trinajstić information content (AvgIpc) is 3.20. The third-order valence-electron chi connectivity index (χ3n) is 5.23. The lowest BCUT2D eigenvalue weighted by atomic mass is 10.2. The van der Waals surface area contributed by atoms with Crippen LogP contribution in [0.3, 0.4) is 0 Å². The van der Waals surface area contributed by atoms with Crippen molar-refractivity contribution in [1.82, 2.24) is 15.0 Å². The number of halogens is 1. The lowest BCUT2D eigenvalue weighted by molar-refractivity contribution is 0.0617. The van der Waals surface area contributed by atoms with Crippen LogP contribution in [-0.4, -0.2) is 55.5 Å². The van der Waals surface area contributed by atoms with Gasteiger partial charge in [-0.2, -0.15) is 0 Å². The van der Waals surface area contributed by atoms with E-state index in [-0.39, 0.29) is 22.1 Å². The van der Waals surface area contributed by atoms with Gasteiger partial charge in [-0.3, -0.25) is 14.4 Å². The molecule has 1 amide bonds. The van der Waals surface area contributed by atoms with Gasteiger partial charge < -0.3 is 9.42 Å². The van der Waals surface area contributed by atoms with Crippen LogP contribution in [0.5, 0.6) is 0 Å². The van der Waals surface area contributed by atoms with Crippen LogP contribution in [0.4, 0.5) is 10.1 Å². The van der Waals surface area contributed by atoms with Crippen molar-refractivity contribution in [3.8, 4) is 0 Å². The fraction of sp³-hybridized carbons (Fsp3) is 0.273. The lowest BCUT2D eigenvalue weighted by Gasteiger charge is -2.34. The highest BCUT2D eigenvalue weighted by molar-refractivity contribution is 7.92. The summed E-state index contributed by atoms with van der Waals surface area (Å²) in [4.78, 5) is 16.7. The highest BCUT2D eigenvalue weighted by Crippen LogP contribution is 2.20. The molecule has 1 aliphatic heterocycles. The first-order valence-electron chi connectivity index (χ1n) is 10.1. The summed E-state index contributed by atoms with van der Waals surface area (Å²) in [5.74, 6) is -0.146. The second-order valence-corrected chi connectivity index (χ2v) is 9.30. The molecule has 0 spiro atoms. The zero-order valence-electron chi connectivity index (χ0n) is 17.5. The topological polar surface area (TPSA) is 95.8 Å². The summed E-state index contributed by atoms with van der Waals surface area (Å²) < 4.78 is 46.7. The Hall–Kier alpha value is -3.24. The monoisotopic (exact) mass is 458 g/mol. The number of amides is 1. The van der Waals surface area contributed by atoms with Gasteiger partial charge in [-0.25, -0.2) is 12.8 Å². The highest BCUT2D eigenvalue weighted by atomic mass is 32.2. The van der Waals surface area contributed by atoms with E-state index in [9.17, 15) is 17.6 Å². The van der Waals surface area contributed by atoms with E-state index in [0.717, 1.165) is 11.5 Å². The predicted molar refractivity (Wildman–Crippen MR) is 116 cm³/mol. The van der Waals surface area contributed by atoms with E-state index in [2.05, 4.69) is 14.8 Å². The molecule has 0 unspecified atom stereocenters. The summed E-state index contributed by atoms with van der Waals surface area (Å²) >= 11 is 0. The van der Waals surface area contributed by atoms with Crippen LogP contribution in [-0.2, 0) is 16.6 Å². The molecule has 1 saturated heterocycles. The van der Waals surface area contributed by atoms with Crippen molar-refractivity contribution in [3.63, 3.8) is 0 Å². The zero-order valence-corrected chi connectivity index (χ0v) is 18.3. The number of sulfonamides is 1. The van der Waals surface area contributed by atoms with Gasteiger partial charge in [0.25, 0.3) is 15.9 Å². The Morgan fingerprint density at radius 1 is 1.09 bits per heavy atom. The molecule has 0 saturated carbocycles. The second kappa shape index (κ2) is 9.09. The average molecular weight is 459 g/mol. The molecule has 1 aromatic heterocycles. The van der Waals surface area contributed by atoms with Gasteiger partial charge in [-0.15, -0.1) is 0 Å². The molecule has 1 N–H and O–H groups in total. The summed E-state index contributed by atoms with van der Waals surface area (Å²) in [6.45, 7) is 4.84. The van der Waals surface area contributed by atoms with E-state index >= 15 is 0 Å². The molecule has 0 bridgehead atoms. The zero-order chi connectivity index (χ0) is 22.7. The van der Waals surface area contributed by atoms with Crippen LogP contribution < -0.4 is 4.72 Å². The summed E-state index contributed by atoms with van der Waals surface area (Å²) in [6.07, 6.45) is 0. The van der Waals surface area contributed by atoms with Crippen LogP contribution in [0.2, 0.25) is 0 Å². The number of hydrogen-bond acceptors (Lipinski definition) is 6. The second-order valence-electron chi connectivity index (χ2n) is 7.62. The predicted octanol–water partition coefficient (Wildman–Crippen LogP) is 2.88. The third-order valence-corrected chi connectivity index (χ3v) is 6.59. The van der Waals surface area contributed by atoms with Crippen LogP contribution in [0.25, 0.3) is 0 Å². The molecule has 168 valence electrons. The quantitative estimate of drug-likeness (QED) is 0.610. The van der Waals surface area contributed by atoms with Crippen molar-refractivity contribution >= 4 is 21.6 Å². The molecule has 0 atom stereocenters. The summed E-state index contributed by atoms with van der Waals surface area (Å²) in [6, 6.07) is 13.2. The number of carbonyl (C=O) groups is 1. The molecular formula is C22H23FN4O4S. The maximum atomic E-state index is 13.9. The molecule has 2 heterocycles. The van der Waals surface area contributed by atoms with Crippen molar-refractivity contribution in [1.29, 1.82) is 0 Å². The first kappa shape index (κ1) is 22.0. The molecule has 2 aromatic carbocycles. The van der Waals surface area contributed by atoms with Gasteiger partial charge in [0.1, 0.15) is 5.82 Å². The van der Waals surface area contributed by atoms with Crippen molar-refractivity contribution in [2.75, 3.05) is 30.9 Å². The van der Waals surface area contributed by atoms with Crippen LogP contribution >= 0.6 is 0 Å². The fourth-order valence-corrected chi connectivity index (χ4v) is 4.66.